The maximum atomic E-state index is 13.1. The Morgan fingerprint density at radius 1 is 1.20 bits per heavy atom. The topological polar surface area (TPSA) is 59.1 Å². The first kappa shape index (κ1) is 14.7. The van der Waals surface area contributed by atoms with Crippen molar-refractivity contribution in [3.63, 3.8) is 0 Å². The average molecular weight is 286 g/mol. The first-order chi connectivity index (χ1) is 9.38. The minimum Gasteiger partial charge on any atom is -0.490 e. The molecule has 0 spiro atoms. The van der Waals surface area contributed by atoms with Gasteiger partial charge in [0.05, 0.1) is 11.7 Å². The highest BCUT2D eigenvalue weighted by molar-refractivity contribution is 5.95. The minimum absolute atomic E-state index is 0.0494. The molecule has 0 bridgehead atoms. The second-order valence-electron chi connectivity index (χ2n) is 5.00. The summed E-state index contributed by atoms with van der Waals surface area (Å²) in [5.74, 6) is -0.561. The molecule has 3 nitrogen and oxygen atoms in total. The van der Waals surface area contributed by atoms with Gasteiger partial charge in [-0.15, -0.1) is 0 Å². The number of halogens is 3. The molecule has 0 radical (unpaired) electrons. The number of nitrogens with two attached hydrogens (primary N) is 1. The van der Waals surface area contributed by atoms with Crippen LogP contribution in [0.5, 0.6) is 5.75 Å². The van der Waals surface area contributed by atoms with Crippen molar-refractivity contribution in [2.45, 2.75) is 44.4 Å². The summed E-state index contributed by atoms with van der Waals surface area (Å²) in [5.41, 5.74) is 4.42. The predicted octanol–water partition coefficient (Wildman–Crippen LogP) is 3.70. The van der Waals surface area contributed by atoms with Crippen LogP contribution in [0.3, 0.4) is 0 Å². The van der Waals surface area contributed by atoms with Crippen LogP contribution >= 0.6 is 0 Å². The molecular formula is C14H17F3N2O. The van der Waals surface area contributed by atoms with E-state index in [2.05, 4.69) is 0 Å². The van der Waals surface area contributed by atoms with E-state index in [1.165, 1.54) is 12.1 Å². The number of hydrogen-bond acceptors (Lipinski definition) is 2. The van der Waals surface area contributed by atoms with Crippen LogP contribution in [0.2, 0.25) is 0 Å². The van der Waals surface area contributed by atoms with E-state index in [1.807, 2.05) is 0 Å². The second-order valence-corrected chi connectivity index (χ2v) is 5.00. The molecule has 20 heavy (non-hydrogen) atoms. The van der Waals surface area contributed by atoms with E-state index >= 15 is 0 Å². The van der Waals surface area contributed by atoms with Gasteiger partial charge in [-0.05, 0) is 43.9 Å². The van der Waals surface area contributed by atoms with Crippen LogP contribution in [0, 0.1) is 5.41 Å². The summed E-state index contributed by atoms with van der Waals surface area (Å²) in [6.07, 6.45) is -0.0369. The van der Waals surface area contributed by atoms with E-state index in [0.717, 1.165) is 38.2 Å². The van der Waals surface area contributed by atoms with Gasteiger partial charge in [0.15, 0.2) is 0 Å². The Morgan fingerprint density at radius 3 is 2.40 bits per heavy atom. The highest BCUT2D eigenvalue weighted by atomic mass is 19.4. The first-order valence-electron chi connectivity index (χ1n) is 6.60. The standard InChI is InChI=1S/C14H17F3N2O/c15-14(16,17)11-8-9(13(18)19)6-7-12(11)20-10-4-2-1-3-5-10/h6-8,10H,1-5H2,(H3,18,19). The van der Waals surface area contributed by atoms with Gasteiger partial charge in [-0.1, -0.05) is 6.42 Å². The molecule has 1 aliphatic carbocycles. The van der Waals surface area contributed by atoms with Gasteiger partial charge in [-0.2, -0.15) is 13.2 Å². The third kappa shape index (κ3) is 3.43. The Kier molecular flexibility index (Phi) is 4.20. The van der Waals surface area contributed by atoms with Gasteiger partial charge in [-0.25, -0.2) is 0 Å². The summed E-state index contributed by atoms with van der Waals surface area (Å²) in [6, 6.07) is 3.52. The van der Waals surface area contributed by atoms with Gasteiger partial charge in [0.1, 0.15) is 11.6 Å². The molecule has 0 aromatic heterocycles. The first-order valence-corrected chi connectivity index (χ1v) is 6.60. The SMILES string of the molecule is N=C(N)c1ccc(OC2CCCCC2)c(C(F)(F)F)c1. The van der Waals surface area contributed by atoms with Gasteiger partial charge in [-0.3, -0.25) is 5.41 Å². The smallest absolute Gasteiger partial charge is 0.419 e. The maximum absolute atomic E-state index is 13.1. The van der Waals surface area contributed by atoms with E-state index in [4.69, 9.17) is 15.9 Å². The van der Waals surface area contributed by atoms with Crippen molar-refractivity contribution in [2.24, 2.45) is 5.73 Å². The Hall–Kier alpha value is -1.72. The van der Waals surface area contributed by atoms with Crippen molar-refractivity contribution in [2.75, 3.05) is 0 Å². The molecule has 1 aliphatic rings. The molecule has 6 heteroatoms. The van der Waals surface area contributed by atoms with Gasteiger partial charge < -0.3 is 10.5 Å². The lowest BCUT2D eigenvalue weighted by molar-refractivity contribution is -0.139. The quantitative estimate of drug-likeness (QED) is 0.657. The monoisotopic (exact) mass is 286 g/mol. The number of hydrogen-bond donors (Lipinski definition) is 2. The molecule has 1 saturated carbocycles. The fourth-order valence-corrected chi connectivity index (χ4v) is 2.38. The van der Waals surface area contributed by atoms with Gasteiger partial charge in [0.2, 0.25) is 0 Å². The summed E-state index contributed by atoms with van der Waals surface area (Å²) in [7, 11) is 0. The Bertz CT molecular complexity index is 494. The lowest BCUT2D eigenvalue weighted by Crippen LogP contribution is -2.22. The van der Waals surface area contributed by atoms with Crippen molar-refractivity contribution in [1.29, 1.82) is 5.41 Å². The number of alkyl halides is 3. The normalized spacial score (nSPS) is 16.9. The van der Waals surface area contributed by atoms with Crippen molar-refractivity contribution >= 4 is 5.84 Å². The van der Waals surface area contributed by atoms with E-state index in [-0.39, 0.29) is 23.3 Å². The summed E-state index contributed by atoms with van der Waals surface area (Å²) in [6.45, 7) is 0. The number of ether oxygens (including phenoxy) is 1. The zero-order valence-electron chi connectivity index (χ0n) is 11.0. The summed E-state index contributed by atoms with van der Waals surface area (Å²) >= 11 is 0. The molecule has 1 aromatic carbocycles. The fraction of sp³-hybridized carbons (Fsp3) is 0.500. The molecular weight excluding hydrogens is 269 g/mol. The highest BCUT2D eigenvalue weighted by Gasteiger charge is 2.35. The molecule has 110 valence electrons. The predicted molar refractivity (Wildman–Crippen MR) is 70.0 cm³/mol. The Morgan fingerprint density at radius 2 is 1.85 bits per heavy atom. The lowest BCUT2D eigenvalue weighted by Gasteiger charge is -2.25. The van der Waals surface area contributed by atoms with Crippen molar-refractivity contribution in [1.82, 2.24) is 0 Å². The van der Waals surface area contributed by atoms with E-state index in [1.54, 1.807) is 0 Å². The number of nitrogen functional groups attached to an aromatic ring is 1. The van der Waals surface area contributed by atoms with Crippen molar-refractivity contribution < 1.29 is 17.9 Å². The third-order valence-corrected chi connectivity index (χ3v) is 3.44. The average Bonchev–Trinajstić information content (AvgIpc) is 2.39. The molecule has 1 aromatic rings. The lowest BCUT2D eigenvalue weighted by atomic mass is 9.97. The van der Waals surface area contributed by atoms with E-state index in [0.29, 0.717) is 0 Å². The minimum atomic E-state index is -4.52. The van der Waals surface area contributed by atoms with Gasteiger partial charge >= 0.3 is 6.18 Å². The Labute approximate surface area is 115 Å². The van der Waals surface area contributed by atoms with E-state index in [9.17, 15) is 13.2 Å². The number of amidine groups is 1. The molecule has 2 rings (SSSR count). The third-order valence-electron chi connectivity index (χ3n) is 3.44. The van der Waals surface area contributed by atoms with Crippen molar-refractivity contribution in [3.8, 4) is 5.75 Å². The molecule has 0 saturated heterocycles. The second kappa shape index (κ2) is 5.73. The molecule has 1 fully saturated rings. The van der Waals surface area contributed by atoms with Gasteiger partial charge in [0.25, 0.3) is 0 Å². The number of benzene rings is 1. The highest BCUT2D eigenvalue weighted by Crippen LogP contribution is 2.38. The number of rotatable bonds is 3. The van der Waals surface area contributed by atoms with Crippen molar-refractivity contribution in [3.05, 3.63) is 29.3 Å². The zero-order chi connectivity index (χ0) is 14.8. The van der Waals surface area contributed by atoms with Crippen LogP contribution in [0.1, 0.15) is 43.2 Å². The molecule has 0 unspecified atom stereocenters. The van der Waals surface area contributed by atoms with Crippen LogP contribution in [-0.4, -0.2) is 11.9 Å². The molecule has 0 aliphatic heterocycles. The maximum Gasteiger partial charge on any atom is 0.419 e. The van der Waals surface area contributed by atoms with Gasteiger partial charge in [0, 0.05) is 5.56 Å². The fourth-order valence-electron chi connectivity index (χ4n) is 2.38. The number of nitrogens with one attached hydrogen (secondary N) is 1. The van der Waals surface area contributed by atoms with Crippen LogP contribution in [0.4, 0.5) is 13.2 Å². The van der Waals surface area contributed by atoms with Crippen LogP contribution in [0.15, 0.2) is 18.2 Å². The molecule has 0 amide bonds. The Balaban J connectivity index is 2.28. The van der Waals surface area contributed by atoms with E-state index < -0.39 is 11.7 Å². The largest absolute Gasteiger partial charge is 0.490 e. The summed E-state index contributed by atoms with van der Waals surface area (Å²) in [5, 5.41) is 7.23. The zero-order valence-corrected chi connectivity index (χ0v) is 11.0. The van der Waals surface area contributed by atoms with Crippen LogP contribution < -0.4 is 10.5 Å². The van der Waals surface area contributed by atoms with Crippen LogP contribution in [0.25, 0.3) is 0 Å². The molecule has 0 heterocycles. The summed E-state index contributed by atoms with van der Waals surface area (Å²) < 4.78 is 44.7. The van der Waals surface area contributed by atoms with Crippen LogP contribution in [-0.2, 0) is 6.18 Å². The summed E-state index contributed by atoms with van der Waals surface area (Å²) in [4.78, 5) is 0. The molecule has 0 atom stereocenters. The molecule has 3 N–H and O–H groups in total.